The molecule has 4 N–H and O–H groups in total. The van der Waals surface area contributed by atoms with Gasteiger partial charge in [-0.2, -0.15) is 0 Å². The third-order valence-electron chi connectivity index (χ3n) is 5.63. The molecule has 4 rings (SSSR count). The summed E-state index contributed by atoms with van der Waals surface area (Å²) < 4.78 is 11.1. The van der Waals surface area contributed by atoms with Crippen LogP contribution in [-0.4, -0.2) is 40.5 Å². The molecule has 0 spiro atoms. The van der Waals surface area contributed by atoms with Gasteiger partial charge in [0.25, 0.3) is 0 Å². The average molecular weight is 448 g/mol. The van der Waals surface area contributed by atoms with Gasteiger partial charge in [-0.25, -0.2) is 9.97 Å². The molecular formula is C24H29N7O2. The highest BCUT2D eigenvalue weighted by Crippen LogP contribution is 2.40. The van der Waals surface area contributed by atoms with Crippen molar-refractivity contribution in [1.29, 1.82) is 0 Å². The van der Waals surface area contributed by atoms with E-state index < -0.39 is 0 Å². The highest BCUT2D eigenvalue weighted by molar-refractivity contribution is 6.13. The van der Waals surface area contributed by atoms with Crippen molar-refractivity contribution in [2.45, 2.75) is 34.6 Å². The molecule has 172 valence electrons. The second-order valence-electron chi connectivity index (χ2n) is 8.30. The van der Waals surface area contributed by atoms with Gasteiger partial charge >= 0.3 is 0 Å². The smallest absolute Gasteiger partial charge is 0.144 e. The average Bonchev–Trinajstić information content (AvgIpc) is 3.29. The fraction of sp³-hybridized carbons (Fsp3) is 0.333. The zero-order chi connectivity index (χ0) is 23.9. The van der Waals surface area contributed by atoms with Crippen LogP contribution in [0, 0.1) is 26.7 Å². The highest BCUT2D eigenvalue weighted by atomic mass is 16.5. The molecular weight excluding hydrogens is 418 g/mol. The quantitative estimate of drug-likeness (QED) is 0.367. The fourth-order valence-electron chi connectivity index (χ4n) is 4.00. The number of nitrogens with two attached hydrogens (primary N) is 1. The van der Waals surface area contributed by atoms with Gasteiger partial charge in [0, 0.05) is 35.4 Å². The van der Waals surface area contributed by atoms with Gasteiger partial charge in [0.1, 0.15) is 28.8 Å². The monoisotopic (exact) mass is 447 g/mol. The molecule has 0 saturated carbocycles. The predicted octanol–water partition coefficient (Wildman–Crippen LogP) is 4.64. The number of methoxy groups -OCH3 is 1. The van der Waals surface area contributed by atoms with E-state index in [0.717, 1.165) is 38.9 Å². The van der Waals surface area contributed by atoms with Gasteiger partial charge in [-0.05, 0) is 38.8 Å². The SMILES string of the molecule is CN=CC(Nc1nc(C)nc2[nH]c3cc(-c4c(C)noc4C)c(OC)cc3c12)=C(N)C(C)C. The molecule has 33 heavy (non-hydrogen) atoms. The van der Waals surface area contributed by atoms with Crippen molar-refractivity contribution in [2.24, 2.45) is 16.6 Å². The number of ether oxygens (including phenoxy) is 1. The van der Waals surface area contributed by atoms with E-state index in [2.05, 4.69) is 30.4 Å². The van der Waals surface area contributed by atoms with Crippen molar-refractivity contribution < 1.29 is 9.26 Å². The summed E-state index contributed by atoms with van der Waals surface area (Å²) in [5.41, 5.74) is 12.0. The number of H-pyrrole nitrogens is 1. The Kier molecular flexibility index (Phi) is 5.80. The number of nitrogens with one attached hydrogen (secondary N) is 2. The van der Waals surface area contributed by atoms with Crippen LogP contribution in [0.25, 0.3) is 33.1 Å². The van der Waals surface area contributed by atoms with E-state index in [-0.39, 0.29) is 5.92 Å². The van der Waals surface area contributed by atoms with Gasteiger partial charge in [-0.15, -0.1) is 0 Å². The first kappa shape index (κ1) is 22.3. The van der Waals surface area contributed by atoms with E-state index in [0.29, 0.717) is 34.4 Å². The standard InChI is InChI=1S/C24H29N7O2/c1-11(2)22(25)18(10-26-6)30-24-21-15-9-19(32-7)16(20-12(3)31-33-13(20)4)8-17(15)29-23(21)27-14(5)28-24/h8-11H,25H2,1-7H3,(H2,27,28,29,30). The number of benzene rings is 1. The maximum atomic E-state index is 6.35. The van der Waals surface area contributed by atoms with Crippen LogP contribution in [0.15, 0.2) is 33.0 Å². The highest BCUT2D eigenvalue weighted by Gasteiger charge is 2.21. The number of aromatic nitrogens is 4. The van der Waals surface area contributed by atoms with Crippen LogP contribution in [0.5, 0.6) is 5.75 Å². The topological polar surface area (TPSA) is 127 Å². The summed E-state index contributed by atoms with van der Waals surface area (Å²) in [4.78, 5) is 16.9. The fourth-order valence-corrected chi connectivity index (χ4v) is 4.00. The van der Waals surface area contributed by atoms with Crippen molar-refractivity contribution in [3.05, 3.63) is 40.8 Å². The molecule has 1 aromatic carbocycles. The molecule has 0 aliphatic heterocycles. The number of fused-ring (bicyclic) bond motifs is 3. The van der Waals surface area contributed by atoms with Crippen LogP contribution < -0.4 is 15.8 Å². The van der Waals surface area contributed by atoms with E-state index in [9.17, 15) is 0 Å². The maximum absolute atomic E-state index is 6.35. The molecule has 0 aliphatic carbocycles. The van der Waals surface area contributed by atoms with Crippen LogP contribution in [-0.2, 0) is 0 Å². The van der Waals surface area contributed by atoms with Gasteiger partial charge in [-0.1, -0.05) is 19.0 Å². The van der Waals surface area contributed by atoms with Crippen molar-refractivity contribution in [2.75, 3.05) is 19.5 Å². The second kappa shape index (κ2) is 8.57. The van der Waals surface area contributed by atoms with Crippen molar-refractivity contribution >= 4 is 34.0 Å². The number of rotatable bonds is 6. The third-order valence-corrected chi connectivity index (χ3v) is 5.63. The molecule has 3 aromatic heterocycles. The number of hydrogen-bond donors (Lipinski definition) is 3. The van der Waals surface area contributed by atoms with Gasteiger partial charge in [0.2, 0.25) is 0 Å². The zero-order valence-electron chi connectivity index (χ0n) is 20.0. The van der Waals surface area contributed by atoms with Crippen LogP contribution in [0.2, 0.25) is 0 Å². The Hall–Kier alpha value is -3.88. The van der Waals surface area contributed by atoms with Gasteiger partial charge in [0.05, 0.1) is 29.5 Å². The van der Waals surface area contributed by atoms with E-state index in [1.54, 1.807) is 20.4 Å². The minimum atomic E-state index is 0.143. The van der Waals surface area contributed by atoms with Crippen molar-refractivity contribution in [3.8, 4) is 16.9 Å². The Labute approximate surface area is 192 Å². The molecule has 0 bridgehead atoms. The Morgan fingerprint density at radius 3 is 2.61 bits per heavy atom. The molecule has 0 aliphatic rings. The molecule has 0 unspecified atom stereocenters. The molecule has 0 saturated heterocycles. The number of hydrogen-bond acceptors (Lipinski definition) is 8. The first-order valence-corrected chi connectivity index (χ1v) is 10.7. The molecule has 9 nitrogen and oxygen atoms in total. The van der Waals surface area contributed by atoms with Crippen LogP contribution in [0.1, 0.15) is 31.1 Å². The lowest BCUT2D eigenvalue weighted by atomic mass is 10.0. The lowest BCUT2D eigenvalue weighted by molar-refractivity contribution is 0.393. The Morgan fingerprint density at radius 2 is 2.00 bits per heavy atom. The van der Waals surface area contributed by atoms with E-state index in [1.807, 2.05) is 46.8 Å². The third kappa shape index (κ3) is 3.90. The van der Waals surface area contributed by atoms with E-state index in [4.69, 9.17) is 15.0 Å². The zero-order valence-corrected chi connectivity index (χ0v) is 20.0. The second-order valence-corrected chi connectivity index (χ2v) is 8.30. The number of anilines is 1. The first-order valence-electron chi connectivity index (χ1n) is 10.7. The molecule has 0 atom stereocenters. The van der Waals surface area contributed by atoms with Crippen molar-refractivity contribution in [3.63, 3.8) is 0 Å². The molecule has 0 amide bonds. The Bertz CT molecular complexity index is 1390. The number of aromatic amines is 1. The molecule has 0 fully saturated rings. The molecule has 0 radical (unpaired) electrons. The van der Waals surface area contributed by atoms with Crippen LogP contribution >= 0.6 is 0 Å². The van der Waals surface area contributed by atoms with E-state index >= 15 is 0 Å². The van der Waals surface area contributed by atoms with Crippen molar-refractivity contribution in [1.82, 2.24) is 20.1 Å². The lowest BCUT2D eigenvalue weighted by Crippen LogP contribution is -2.16. The summed E-state index contributed by atoms with van der Waals surface area (Å²) in [5.74, 6) is 2.86. The van der Waals surface area contributed by atoms with Gasteiger partial charge in [0.15, 0.2) is 0 Å². The number of aliphatic imine (C=N–C) groups is 1. The number of nitrogens with zero attached hydrogens (tertiary/aromatic N) is 4. The Balaban J connectivity index is 1.99. The lowest BCUT2D eigenvalue weighted by Gasteiger charge is -2.14. The minimum absolute atomic E-state index is 0.143. The van der Waals surface area contributed by atoms with Crippen LogP contribution in [0.3, 0.4) is 0 Å². The maximum Gasteiger partial charge on any atom is 0.144 e. The Morgan fingerprint density at radius 1 is 1.24 bits per heavy atom. The summed E-state index contributed by atoms with van der Waals surface area (Å²) >= 11 is 0. The molecule has 4 aromatic rings. The van der Waals surface area contributed by atoms with Gasteiger partial charge in [-0.3, -0.25) is 4.99 Å². The summed E-state index contributed by atoms with van der Waals surface area (Å²) in [7, 11) is 3.36. The summed E-state index contributed by atoms with van der Waals surface area (Å²) in [6, 6.07) is 4.02. The largest absolute Gasteiger partial charge is 0.496 e. The van der Waals surface area contributed by atoms with E-state index in [1.165, 1.54) is 0 Å². The summed E-state index contributed by atoms with van der Waals surface area (Å²) in [6.45, 7) is 9.74. The van der Waals surface area contributed by atoms with Crippen LogP contribution in [0.4, 0.5) is 5.82 Å². The number of allylic oxidation sites excluding steroid dienone is 2. The summed E-state index contributed by atoms with van der Waals surface area (Å²) in [6.07, 6.45) is 1.71. The predicted molar refractivity (Wildman–Crippen MR) is 132 cm³/mol. The first-order chi connectivity index (χ1) is 15.7. The minimum Gasteiger partial charge on any atom is -0.496 e. The summed E-state index contributed by atoms with van der Waals surface area (Å²) in [5, 5.41) is 9.26. The normalized spacial score (nSPS) is 12.8. The van der Waals surface area contributed by atoms with Gasteiger partial charge < -0.3 is 25.3 Å². The molecule has 9 heteroatoms. The molecule has 3 heterocycles. The number of aryl methyl sites for hydroxylation is 3.